The van der Waals surface area contributed by atoms with Gasteiger partial charge in [0.25, 0.3) is 5.91 Å². The fraction of sp³-hybridized carbons (Fsp3) is 0.333. The number of likely N-dealkylation sites (tertiary alicyclic amines) is 1. The maximum Gasteiger partial charge on any atom is 0.253 e. The Hall–Kier alpha value is -4.33. The zero-order valence-electron chi connectivity index (χ0n) is 23.8. The number of benzene rings is 3. The molecule has 0 bridgehead atoms. The van der Waals surface area contributed by atoms with Crippen LogP contribution in [0.2, 0.25) is 0 Å². The average molecular weight is 554 g/mol. The third kappa shape index (κ3) is 6.21. The van der Waals surface area contributed by atoms with E-state index in [2.05, 4.69) is 34.7 Å². The predicted molar refractivity (Wildman–Crippen MR) is 155 cm³/mol. The van der Waals surface area contributed by atoms with Crippen molar-refractivity contribution in [2.75, 3.05) is 6.54 Å². The molecule has 0 radical (unpaired) electrons. The molecular formula is C33H36FN5O2. The molecule has 1 N–H and O–H groups in total. The summed E-state index contributed by atoms with van der Waals surface area (Å²) in [5.74, 6) is -0.571. The van der Waals surface area contributed by atoms with Gasteiger partial charge in [0.2, 0.25) is 5.91 Å². The van der Waals surface area contributed by atoms with Gasteiger partial charge in [0.15, 0.2) is 5.54 Å². The van der Waals surface area contributed by atoms with E-state index in [1.807, 2.05) is 57.2 Å². The zero-order chi connectivity index (χ0) is 29.0. The minimum atomic E-state index is -1.24. The molecule has 4 aromatic rings. The molecule has 1 fully saturated rings. The molecular weight excluding hydrogens is 517 g/mol. The molecule has 5 rings (SSSR count). The molecule has 212 valence electrons. The molecule has 1 saturated heterocycles. The lowest BCUT2D eigenvalue weighted by Crippen LogP contribution is -2.69. The second-order valence-corrected chi connectivity index (χ2v) is 11.7. The summed E-state index contributed by atoms with van der Waals surface area (Å²) in [7, 11) is 0. The molecule has 8 heteroatoms. The highest BCUT2D eigenvalue weighted by atomic mass is 19.1. The van der Waals surface area contributed by atoms with Gasteiger partial charge >= 0.3 is 0 Å². The van der Waals surface area contributed by atoms with Gasteiger partial charge in [-0.05, 0) is 62.4 Å². The van der Waals surface area contributed by atoms with Crippen molar-refractivity contribution in [1.82, 2.24) is 25.2 Å². The third-order valence-corrected chi connectivity index (χ3v) is 7.55. The summed E-state index contributed by atoms with van der Waals surface area (Å²) in [5, 5.41) is 12.2. The maximum atomic E-state index is 13.9. The van der Waals surface area contributed by atoms with Gasteiger partial charge in [0, 0.05) is 18.0 Å². The van der Waals surface area contributed by atoms with Crippen LogP contribution < -0.4 is 5.32 Å². The van der Waals surface area contributed by atoms with E-state index in [1.165, 1.54) is 12.1 Å². The molecule has 0 saturated carbocycles. The molecule has 1 atom stereocenters. The summed E-state index contributed by atoms with van der Waals surface area (Å²) < 4.78 is 13.3. The van der Waals surface area contributed by atoms with Gasteiger partial charge in [-0.3, -0.25) is 9.59 Å². The van der Waals surface area contributed by atoms with Crippen molar-refractivity contribution >= 4 is 11.8 Å². The van der Waals surface area contributed by atoms with E-state index in [-0.39, 0.29) is 30.0 Å². The zero-order valence-corrected chi connectivity index (χ0v) is 23.8. The lowest BCUT2D eigenvalue weighted by Gasteiger charge is -2.50. The summed E-state index contributed by atoms with van der Waals surface area (Å²) in [6.45, 7) is 6.60. The van der Waals surface area contributed by atoms with Gasteiger partial charge in [0.1, 0.15) is 11.5 Å². The molecule has 1 aliphatic rings. The summed E-state index contributed by atoms with van der Waals surface area (Å²) in [6, 6.07) is 26.8. The quantitative estimate of drug-likeness (QED) is 0.273. The standard InChI is InChI=1S/C33H36FN5O2/c1-32(2,3)36-31(41)33(29-23-35-39(37-29)21-18-24-14-16-27(34)17-15-24)22-30(40)38(33)20-19-28(25-10-6-4-7-11-25)26-12-8-5-9-13-26/h4-17,23,28H,18-22H2,1-3H3,(H,36,41)/t33-/m1/s1. The van der Waals surface area contributed by atoms with E-state index in [0.29, 0.717) is 31.6 Å². The van der Waals surface area contributed by atoms with Crippen LogP contribution in [0.1, 0.15) is 61.9 Å². The van der Waals surface area contributed by atoms with Crippen molar-refractivity contribution in [3.63, 3.8) is 0 Å². The van der Waals surface area contributed by atoms with Crippen molar-refractivity contribution in [2.24, 2.45) is 0 Å². The van der Waals surface area contributed by atoms with E-state index in [1.54, 1.807) is 28.0 Å². The highest BCUT2D eigenvalue weighted by Crippen LogP contribution is 2.42. The average Bonchev–Trinajstić information content (AvgIpc) is 3.42. The summed E-state index contributed by atoms with van der Waals surface area (Å²) in [4.78, 5) is 30.3. The van der Waals surface area contributed by atoms with Crippen LogP contribution in [-0.2, 0) is 28.1 Å². The summed E-state index contributed by atoms with van der Waals surface area (Å²) >= 11 is 0. The first-order valence-electron chi connectivity index (χ1n) is 14.0. The molecule has 3 aromatic carbocycles. The largest absolute Gasteiger partial charge is 0.349 e. The number of carbonyl (C=O) groups excluding carboxylic acids is 2. The van der Waals surface area contributed by atoms with Crippen molar-refractivity contribution < 1.29 is 14.0 Å². The maximum absolute atomic E-state index is 13.9. The Morgan fingerprint density at radius 3 is 2.12 bits per heavy atom. The second kappa shape index (κ2) is 11.6. The summed E-state index contributed by atoms with van der Waals surface area (Å²) in [6.07, 6.45) is 2.88. The molecule has 2 heterocycles. The van der Waals surface area contributed by atoms with Crippen molar-refractivity contribution in [1.29, 1.82) is 0 Å². The molecule has 7 nitrogen and oxygen atoms in total. The summed E-state index contributed by atoms with van der Waals surface area (Å²) in [5.41, 5.74) is 1.99. The number of nitrogens with zero attached hydrogens (tertiary/aromatic N) is 4. The van der Waals surface area contributed by atoms with Crippen molar-refractivity contribution in [2.45, 2.75) is 63.6 Å². The Kier molecular flexibility index (Phi) is 8.01. The Morgan fingerprint density at radius 1 is 0.951 bits per heavy atom. The van der Waals surface area contributed by atoms with Crippen LogP contribution in [0.4, 0.5) is 4.39 Å². The number of aromatic nitrogens is 3. The topological polar surface area (TPSA) is 80.1 Å². The van der Waals surface area contributed by atoms with Crippen LogP contribution in [0.25, 0.3) is 0 Å². The molecule has 1 aliphatic heterocycles. The van der Waals surface area contributed by atoms with Crippen molar-refractivity contribution in [3.8, 4) is 0 Å². The fourth-order valence-corrected chi connectivity index (χ4v) is 5.47. The van der Waals surface area contributed by atoms with Gasteiger partial charge in [-0.2, -0.15) is 15.0 Å². The lowest BCUT2D eigenvalue weighted by atomic mass is 9.78. The molecule has 41 heavy (non-hydrogen) atoms. The van der Waals surface area contributed by atoms with Crippen LogP contribution in [0.5, 0.6) is 0 Å². The van der Waals surface area contributed by atoms with E-state index in [0.717, 1.165) is 16.7 Å². The Morgan fingerprint density at radius 2 is 1.56 bits per heavy atom. The molecule has 0 spiro atoms. The number of nitrogens with one attached hydrogen (secondary N) is 1. The number of rotatable bonds is 10. The number of carbonyl (C=O) groups is 2. The van der Waals surface area contributed by atoms with Gasteiger partial charge in [0.05, 0.1) is 19.2 Å². The van der Waals surface area contributed by atoms with Crippen LogP contribution in [0.15, 0.2) is 91.1 Å². The number of amides is 2. The van der Waals surface area contributed by atoms with Gasteiger partial charge in [-0.15, -0.1) is 0 Å². The second-order valence-electron chi connectivity index (χ2n) is 11.7. The number of halogens is 1. The Labute approximate surface area is 240 Å². The van der Waals surface area contributed by atoms with E-state index < -0.39 is 11.1 Å². The van der Waals surface area contributed by atoms with Crippen LogP contribution in [-0.4, -0.2) is 43.8 Å². The number of hydrogen-bond donors (Lipinski definition) is 1. The van der Waals surface area contributed by atoms with Crippen LogP contribution in [0.3, 0.4) is 0 Å². The first kappa shape index (κ1) is 28.2. The van der Waals surface area contributed by atoms with E-state index >= 15 is 0 Å². The first-order chi connectivity index (χ1) is 19.7. The highest BCUT2D eigenvalue weighted by Gasteiger charge is 2.59. The predicted octanol–water partition coefficient (Wildman–Crippen LogP) is 5.22. The Balaban J connectivity index is 1.41. The molecule has 1 aromatic heterocycles. The van der Waals surface area contributed by atoms with Gasteiger partial charge in [-0.25, -0.2) is 4.39 Å². The Bertz CT molecular complexity index is 1440. The molecule has 0 unspecified atom stereocenters. The van der Waals surface area contributed by atoms with E-state index in [9.17, 15) is 14.0 Å². The van der Waals surface area contributed by atoms with Gasteiger partial charge in [-0.1, -0.05) is 72.8 Å². The smallest absolute Gasteiger partial charge is 0.253 e. The van der Waals surface area contributed by atoms with Crippen LogP contribution >= 0.6 is 0 Å². The number of aryl methyl sites for hydroxylation is 2. The minimum absolute atomic E-state index is 0.0346. The van der Waals surface area contributed by atoms with Crippen LogP contribution in [0, 0.1) is 5.82 Å². The lowest BCUT2D eigenvalue weighted by molar-refractivity contribution is -0.169. The highest BCUT2D eigenvalue weighted by molar-refractivity contribution is 6.01. The van der Waals surface area contributed by atoms with Crippen molar-refractivity contribution in [3.05, 3.63) is 119 Å². The normalized spacial score (nSPS) is 17.0. The number of β-lactam (4-membered cyclic amide) rings is 1. The minimum Gasteiger partial charge on any atom is -0.349 e. The molecule has 0 aliphatic carbocycles. The first-order valence-corrected chi connectivity index (χ1v) is 14.0. The SMILES string of the molecule is CC(C)(C)NC(=O)[C@]1(c2cnn(CCc3ccc(F)cc3)n2)CC(=O)N1CCC(c1ccccc1)c1ccccc1. The van der Waals surface area contributed by atoms with E-state index in [4.69, 9.17) is 5.10 Å². The monoisotopic (exact) mass is 553 g/mol. The fourth-order valence-electron chi connectivity index (χ4n) is 5.47. The molecule has 2 amide bonds. The third-order valence-electron chi connectivity index (χ3n) is 7.55. The van der Waals surface area contributed by atoms with Gasteiger partial charge < -0.3 is 10.2 Å². The number of hydrogen-bond acceptors (Lipinski definition) is 4.